The van der Waals surface area contributed by atoms with Crippen LogP contribution >= 0.6 is 0 Å². The molecule has 0 spiro atoms. The Morgan fingerprint density at radius 2 is 1.86 bits per heavy atom. The Morgan fingerprint density at radius 3 is 2.52 bits per heavy atom. The molecule has 2 aromatic rings. The van der Waals surface area contributed by atoms with Gasteiger partial charge in [0, 0.05) is 17.5 Å². The highest BCUT2D eigenvalue weighted by Gasteiger charge is 2.23. The van der Waals surface area contributed by atoms with Gasteiger partial charge in [-0.25, -0.2) is 0 Å². The molecule has 2 aromatic carbocycles. The van der Waals surface area contributed by atoms with E-state index in [0.717, 1.165) is 11.1 Å². The van der Waals surface area contributed by atoms with Crippen molar-refractivity contribution in [3.63, 3.8) is 0 Å². The first kappa shape index (κ1) is 15.3. The van der Waals surface area contributed by atoms with E-state index in [1.165, 1.54) is 0 Å². The van der Waals surface area contributed by atoms with Crippen LogP contribution < -0.4 is 10.5 Å². The minimum absolute atomic E-state index is 0.0305. The molecule has 2 atom stereocenters. The standard InChI is InChI=1S/C18H21NO2/c1-12-6-4-7-14(10-12)17(19)13(2)18(20)15-8-5-9-16(11-15)21-3/h4-11,13,17H,19H2,1-3H3. The largest absolute Gasteiger partial charge is 0.497 e. The number of carbonyl (C=O) groups excluding carboxylic acids is 1. The fraction of sp³-hybridized carbons (Fsp3) is 0.278. The molecule has 2 rings (SSSR count). The van der Waals surface area contributed by atoms with E-state index in [1.807, 2.05) is 50.2 Å². The van der Waals surface area contributed by atoms with E-state index < -0.39 is 0 Å². The summed E-state index contributed by atoms with van der Waals surface area (Å²) in [6.45, 7) is 3.89. The predicted molar refractivity (Wildman–Crippen MR) is 84.6 cm³/mol. The summed E-state index contributed by atoms with van der Waals surface area (Å²) in [6, 6.07) is 14.8. The van der Waals surface area contributed by atoms with E-state index >= 15 is 0 Å². The van der Waals surface area contributed by atoms with Crippen LogP contribution in [-0.4, -0.2) is 12.9 Å². The zero-order chi connectivity index (χ0) is 15.4. The molecule has 3 nitrogen and oxygen atoms in total. The van der Waals surface area contributed by atoms with Gasteiger partial charge >= 0.3 is 0 Å². The molecule has 0 radical (unpaired) electrons. The van der Waals surface area contributed by atoms with Gasteiger partial charge in [-0.15, -0.1) is 0 Å². The van der Waals surface area contributed by atoms with Gasteiger partial charge in [-0.3, -0.25) is 4.79 Å². The third-order valence-electron chi connectivity index (χ3n) is 3.73. The maximum Gasteiger partial charge on any atom is 0.167 e. The van der Waals surface area contributed by atoms with Crippen LogP contribution in [0.1, 0.15) is 34.5 Å². The number of ketones is 1. The maximum absolute atomic E-state index is 12.6. The van der Waals surface area contributed by atoms with E-state index in [4.69, 9.17) is 10.5 Å². The number of benzene rings is 2. The highest BCUT2D eigenvalue weighted by molar-refractivity contribution is 5.98. The number of methoxy groups -OCH3 is 1. The zero-order valence-electron chi connectivity index (χ0n) is 12.7. The van der Waals surface area contributed by atoms with Crippen molar-refractivity contribution in [1.82, 2.24) is 0 Å². The van der Waals surface area contributed by atoms with Crippen LogP contribution in [0.25, 0.3) is 0 Å². The van der Waals surface area contributed by atoms with Gasteiger partial charge in [0.1, 0.15) is 5.75 Å². The third-order valence-corrected chi connectivity index (χ3v) is 3.73. The fourth-order valence-electron chi connectivity index (χ4n) is 2.37. The Hall–Kier alpha value is -2.13. The number of nitrogens with two attached hydrogens (primary N) is 1. The van der Waals surface area contributed by atoms with E-state index in [9.17, 15) is 4.79 Å². The second-order valence-electron chi connectivity index (χ2n) is 5.32. The van der Waals surface area contributed by atoms with Crippen molar-refractivity contribution < 1.29 is 9.53 Å². The van der Waals surface area contributed by atoms with Gasteiger partial charge in [-0.1, -0.05) is 48.9 Å². The number of Topliss-reactive ketones (excluding diaryl/α,β-unsaturated/α-hetero) is 1. The molecule has 2 unspecified atom stereocenters. The van der Waals surface area contributed by atoms with Crippen molar-refractivity contribution >= 4 is 5.78 Å². The molecule has 0 heterocycles. The van der Waals surface area contributed by atoms with E-state index in [0.29, 0.717) is 11.3 Å². The molecule has 0 aromatic heterocycles. The molecular formula is C18H21NO2. The Balaban J connectivity index is 2.22. The van der Waals surface area contributed by atoms with Crippen LogP contribution in [0, 0.1) is 12.8 Å². The fourth-order valence-corrected chi connectivity index (χ4v) is 2.37. The molecule has 3 heteroatoms. The normalized spacial score (nSPS) is 13.5. The summed E-state index contributed by atoms with van der Waals surface area (Å²) >= 11 is 0. The molecule has 0 saturated carbocycles. The van der Waals surface area contributed by atoms with E-state index in [1.54, 1.807) is 19.2 Å². The van der Waals surface area contributed by atoms with Crippen LogP contribution in [-0.2, 0) is 0 Å². The highest BCUT2D eigenvalue weighted by Crippen LogP contribution is 2.25. The first-order valence-electron chi connectivity index (χ1n) is 7.03. The number of carbonyl (C=O) groups is 1. The van der Waals surface area contributed by atoms with Crippen LogP contribution in [0.3, 0.4) is 0 Å². The van der Waals surface area contributed by atoms with Gasteiger partial charge in [0.05, 0.1) is 7.11 Å². The number of hydrogen-bond acceptors (Lipinski definition) is 3. The summed E-state index contributed by atoms with van der Waals surface area (Å²) in [5.41, 5.74) is 9.02. The third kappa shape index (κ3) is 3.50. The van der Waals surface area contributed by atoms with Crippen molar-refractivity contribution in [2.75, 3.05) is 7.11 Å². The van der Waals surface area contributed by atoms with Crippen LogP contribution in [0.15, 0.2) is 48.5 Å². The molecule has 0 aliphatic rings. The SMILES string of the molecule is COc1cccc(C(=O)C(C)C(N)c2cccc(C)c2)c1. The lowest BCUT2D eigenvalue weighted by atomic mass is 9.88. The van der Waals surface area contributed by atoms with Gasteiger partial charge in [-0.05, 0) is 24.6 Å². The summed E-state index contributed by atoms with van der Waals surface area (Å²) in [7, 11) is 1.59. The zero-order valence-corrected chi connectivity index (χ0v) is 12.7. The first-order valence-corrected chi connectivity index (χ1v) is 7.03. The molecule has 110 valence electrons. The van der Waals surface area contributed by atoms with Crippen LogP contribution in [0.5, 0.6) is 5.75 Å². The Morgan fingerprint density at radius 1 is 1.14 bits per heavy atom. The quantitative estimate of drug-likeness (QED) is 0.854. The summed E-state index contributed by atoms with van der Waals surface area (Å²) in [6.07, 6.45) is 0. The summed E-state index contributed by atoms with van der Waals surface area (Å²) < 4.78 is 5.16. The van der Waals surface area contributed by atoms with Crippen LogP contribution in [0.4, 0.5) is 0 Å². The molecular weight excluding hydrogens is 262 g/mol. The van der Waals surface area contributed by atoms with Crippen molar-refractivity contribution in [1.29, 1.82) is 0 Å². The van der Waals surface area contributed by atoms with Gasteiger partial charge in [0.2, 0.25) is 0 Å². The Kier molecular flexibility index (Phi) is 4.76. The van der Waals surface area contributed by atoms with Crippen molar-refractivity contribution in [2.45, 2.75) is 19.9 Å². The smallest absolute Gasteiger partial charge is 0.167 e. The number of hydrogen-bond donors (Lipinski definition) is 1. The first-order chi connectivity index (χ1) is 10.0. The van der Waals surface area contributed by atoms with Gasteiger partial charge in [0.15, 0.2) is 5.78 Å². The minimum Gasteiger partial charge on any atom is -0.497 e. The minimum atomic E-state index is -0.316. The lowest BCUT2D eigenvalue weighted by Crippen LogP contribution is -2.26. The number of rotatable bonds is 5. The van der Waals surface area contributed by atoms with Crippen molar-refractivity contribution in [3.05, 3.63) is 65.2 Å². The molecule has 0 bridgehead atoms. The number of ether oxygens (including phenoxy) is 1. The molecule has 0 fully saturated rings. The maximum atomic E-state index is 12.6. The van der Waals surface area contributed by atoms with E-state index in [2.05, 4.69) is 0 Å². The molecule has 2 N–H and O–H groups in total. The molecule has 0 saturated heterocycles. The molecule has 21 heavy (non-hydrogen) atoms. The summed E-state index contributed by atoms with van der Waals surface area (Å²) in [5, 5.41) is 0. The van der Waals surface area contributed by atoms with E-state index in [-0.39, 0.29) is 17.7 Å². The highest BCUT2D eigenvalue weighted by atomic mass is 16.5. The molecule has 0 amide bonds. The second kappa shape index (κ2) is 6.55. The Bertz CT molecular complexity index is 637. The monoisotopic (exact) mass is 283 g/mol. The molecule has 0 aliphatic heterocycles. The van der Waals surface area contributed by atoms with Crippen molar-refractivity contribution in [3.8, 4) is 5.75 Å². The Labute approximate surface area is 125 Å². The lowest BCUT2D eigenvalue weighted by Gasteiger charge is -2.20. The summed E-state index contributed by atoms with van der Waals surface area (Å²) in [4.78, 5) is 12.6. The van der Waals surface area contributed by atoms with Crippen LogP contribution in [0.2, 0.25) is 0 Å². The van der Waals surface area contributed by atoms with Crippen molar-refractivity contribution in [2.24, 2.45) is 11.7 Å². The van der Waals surface area contributed by atoms with Gasteiger partial charge in [-0.2, -0.15) is 0 Å². The topological polar surface area (TPSA) is 52.3 Å². The van der Waals surface area contributed by atoms with Gasteiger partial charge in [0.25, 0.3) is 0 Å². The molecule has 0 aliphatic carbocycles. The number of aryl methyl sites for hydroxylation is 1. The lowest BCUT2D eigenvalue weighted by molar-refractivity contribution is 0.0912. The summed E-state index contributed by atoms with van der Waals surface area (Å²) in [5.74, 6) is 0.416. The second-order valence-corrected chi connectivity index (χ2v) is 5.32. The average molecular weight is 283 g/mol. The van der Waals surface area contributed by atoms with Gasteiger partial charge < -0.3 is 10.5 Å². The predicted octanol–water partition coefficient (Wildman–Crippen LogP) is 3.52. The average Bonchev–Trinajstić information content (AvgIpc) is 2.52.